The van der Waals surface area contributed by atoms with Gasteiger partial charge in [-0.3, -0.25) is 4.79 Å². The Hall–Kier alpha value is -0.610. The van der Waals surface area contributed by atoms with Crippen molar-refractivity contribution in [1.29, 1.82) is 0 Å². The Labute approximate surface area is 105 Å². The summed E-state index contributed by atoms with van der Waals surface area (Å²) in [6.07, 6.45) is 4.45. The number of likely N-dealkylation sites (N-methyl/N-ethyl adjacent to an activating group) is 2. The highest BCUT2D eigenvalue weighted by molar-refractivity contribution is 5.78. The van der Waals surface area contributed by atoms with Gasteiger partial charge in [-0.2, -0.15) is 0 Å². The van der Waals surface area contributed by atoms with Crippen molar-refractivity contribution in [3.8, 4) is 0 Å². The predicted molar refractivity (Wildman–Crippen MR) is 70.7 cm³/mol. The second-order valence-electron chi connectivity index (χ2n) is 5.65. The van der Waals surface area contributed by atoms with Crippen LogP contribution in [0.3, 0.4) is 0 Å². The molecule has 1 aliphatic carbocycles. The van der Waals surface area contributed by atoms with Gasteiger partial charge in [-0.05, 0) is 46.3 Å². The number of hydrogen-bond donors (Lipinski definition) is 1. The number of hydrogen-bond acceptors (Lipinski definition) is 3. The third-order valence-corrected chi connectivity index (χ3v) is 4.16. The van der Waals surface area contributed by atoms with Crippen LogP contribution < -0.4 is 5.73 Å². The number of carbonyl (C=O) groups excluding carboxylic acids is 1. The maximum atomic E-state index is 12.1. The van der Waals surface area contributed by atoms with Gasteiger partial charge in [-0.1, -0.05) is 6.92 Å². The first-order valence-electron chi connectivity index (χ1n) is 6.55. The first-order valence-corrected chi connectivity index (χ1v) is 6.55. The zero-order valence-corrected chi connectivity index (χ0v) is 11.7. The van der Waals surface area contributed by atoms with E-state index >= 15 is 0 Å². The van der Waals surface area contributed by atoms with Gasteiger partial charge in [0.05, 0.1) is 0 Å². The predicted octanol–water partition coefficient (Wildman–Crippen LogP) is 0.914. The van der Waals surface area contributed by atoms with Crippen LogP contribution >= 0.6 is 0 Å². The first kappa shape index (κ1) is 14.5. The van der Waals surface area contributed by atoms with E-state index in [0.29, 0.717) is 6.54 Å². The minimum atomic E-state index is 0.0456. The van der Waals surface area contributed by atoms with Gasteiger partial charge in [0.2, 0.25) is 5.91 Å². The van der Waals surface area contributed by atoms with E-state index in [-0.39, 0.29) is 17.4 Å². The van der Waals surface area contributed by atoms with Gasteiger partial charge >= 0.3 is 0 Å². The molecule has 4 heteroatoms. The molecule has 1 saturated carbocycles. The average molecular weight is 241 g/mol. The van der Waals surface area contributed by atoms with Crippen LogP contribution in [0.2, 0.25) is 0 Å². The second kappa shape index (κ2) is 5.83. The SMILES string of the molecule is CC(CCN)C(=O)N(C)CC1(N(C)C)CCC1. The molecule has 0 bridgehead atoms. The van der Waals surface area contributed by atoms with Gasteiger partial charge in [0.1, 0.15) is 0 Å². The Kier molecular flexibility index (Phi) is 4.95. The molecule has 1 aliphatic rings. The van der Waals surface area contributed by atoms with Gasteiger partial charge in [0.15, 0.2) is 0 Å². The third-order valence-electron chi connectivity index (χ3n) is 4.16. The maximum Gasteiger partial charge on any atom is 0.225 e. The topological polar surface area (TPSA) is 49.6 Å². The van der Waals surface area contributed by atoms with Gasteiger partial charge in [0, 0.05) is 25.0 Å². The van der Waals surface area contributed by atoms with E-state index < -0.39 is 0 Å². The van der Waals surface area contributed by atoms with E-state index in [1.807, 2.05) is 18.9 Å². The molecule has 100 valence electrons. The molecule has 1 unspecified atom stereocenters. The van der Waals surface area contributed by atoms with Crippen LogP contribution in [0.1, 0.15) is 32.6 Å². The molecule has 0 radical (unpaired) electrons. The fourth-order valence-electron chi connectivity index (χ4n) is 2.60. The molecule has 0 heterocycles. The van der Waals surface area contributed by atoms with Gasteiger partial charge in [0.25, 0.3) is 0 Å². The molecular weight excluding hydrogens is 214 g/mol. The monoisotopic (exact) mass is 241 g/mol. The summed E-state index contributed by atoms with van der Waals surface area (Å²) in [5.41, 5.74) is 5.72. The van der Waals surface area contributed by atoms with Crippen molar-refractivity contribution in [2.45, 2.75) is 38.1 Å². The first-order chi connectivity index (χ1) is 7.93. The van der Waals surface area contributed by atoms with Crippen LogP contribution in [0.25, 0.3) is 0 Å². The number of amides is 1. The molecule has 17 heavy (non-hydrogen) atoms. The lowest BCUT2D eigenvalue weighted by Gasteiger charge is -2.49. The Bertz CT molecular complexity index is 261. The summed E-state index contributed by atoms with van der Waals surface area (Å²) >= 11 is 0. The zero-order valence-electron chi connectivity index (χ0n) is 11.7. The Morgan fingerprint density at radius 3 is 2.29 bits per heavy atom. The Balaban J connectivity index is 2.53. The normalized spacial score (nSPS) is 19.9. The second-order valence-corrected chi connectivity index (χ2v) is 5.65. The van der Waals surface area contributed by atoms with E-state index in [1.165, 1.54) is 19.3 Å². The van der Waals surface area contributed by atoms with Crippen LogP contribution in [-0.4, -0.2) is 55.5 Å². The number of carbonyl (C=O) groups is 1. The van der Waals surface area contributed by atoms with Crippen LogP contribution in [0.15, 0.2) is 0 Å². The van der Waals surface area contributed by atoms with Gasteiger partial charge in [-0.25, -0.2) is 0 Å². The van der Waals surface area contributed by atoms with E-state index in [1.54, 1.807) is 0 Å². The molecule has 0 saturated heterocycles. The maximum absolute atomic E-state index is 12.1. The number of nitrogens with zero attached hydrogens (tertiary/aromatic N) is 2. The molecule has 0 aromatic carbocycles. The van der Waals surface area contributed by atoms with Crippen molar-refractivity contribution in [3.05, 3.63) is 0 Å². The lowest BCUT2D eigenvalue weighted by molar-refractivity contribution is -0.136. The molecule has 0 spiro atoms. The molecule has 0 aliphatic heterocycles. The van der Waals surface area contributed by atoms with Crippen LogP contribution in [0.4, 0.5) is 0 Å². The molecule has 1 fully saturated rings. The van der Waals surface area contributed by atoms with E-state index in [0.717, 1.165) is 13.0 Å². The Morgan fingerprint density at radius 1 is 1.35 bits per heavy atom. The van der Waals surface area contributed by atoms with Crippen LogP contribution in [0, 0.1) is 5.92 Å². The zero-order chi connectivity index (χ0) is 13.1. The minimum absolute atomic E-state index is 0.0456. The molecule has 1 amide bonds. The summed E-state index contributed by atoms with van der Waals surface area (Å²) in [5.74, 6) is 0.271. The molecule has 0 aromatic heterocycles. The van der Waals surface area contributed by atoms with E-state index in [4.69, 9.17) is 5.73 Å². The molecule has 1 rings (SSSR count). The average Bonchev–Trinajstić information content (AvgIpc) is 2.21. The van der Waals surface area contributed by atoms with E-state index in [9.17, 15) is 4.79 Å². The summed E-state index contributed by atoms with van der Waals surface area (Å²) < 4.78 is 0. The van der Waals surface area contributed by atoms with Crippen LogP contribution in [0.5, 0.6) is 0 Å². The highest BCUT2D eigenvalue weighted by Crippen LogP contribution is 2.36. The molecule has 2 N–H and O–H groups in total. The lowest BCUT2D eigenvalue weighted by atomic mass is 9.75. The van der Waals surface area contributed by atoms with Gasteiger partial charge in [-0.15, -0.1) is 0 Å². The highest BCUT2D eigenvalue weighted by atomic mass is 16.2. The summed E-state index contributed by atoms with van der Waals surface area (Å²) in [7, 11) is 6.14. The minimum Gasteiger partial charge on any atom is -0.344 e. The molecule has 1 atom stereocenters. The van der Waals surface area contributed by atoms with Crippen molar-refractivity contribution in [2.24, 2.45) is 11.7 Å². The fourth-order valence-corrected chi connectivity index (χ4v) is 2.60. The number of rotatable bonds is 6. The van der Waals surface area contributed by atoms with Crippen molar-refractivity contribution in [1.82, 2.24) is 9.80 Å². The quantitative estimate of drug-likeness (QED) is 0.752. The molecule has 0 aromatic rings. The number of nitrogens with two attached hydrogens (primary N) is 1. The fraction of sp³-hybridized carbons (Fsp3) is 0.923. The summed E-state index contributed by atoms with van der Waals surface area (Å²) in [4.78, 5) is 16.3. The molecular formula is C13H27N3O. The van der Waals surface area contributed by atoms with Crippen LogP contribution in [-0.2, 0) is 4.79 Å². The van der Waals surface area contributed by atoms with Crippen molar-refractivity contribution in [3.63, 3.8) is 0 Å². The van der Waals surface area contributed by atoms with Crippen molar-refractivity contribution >= 4 is 5.91 Å². The molecule has 4 nitrogen and oxygen atoms in total. The van der Waals surface area contributed by atoms with E-state index in [2.05, 4.69) is 19.0 Å². The van der Waals surface area contributed by atoms with Crippen molar-refractivity contribution < 1.29 is 4.79 Å². The smallest absolute Gasteiger partial charge is 0.225 e. The van der Waals surface area contributed by atoms with Gasteiger partial charge < -0.3 is 15.5 Å². The largest absolute Gasteiger partial charge is 0.344 e. The summed E-state index contributed by atoms with van der Waals surface area (Å²) in [6.45, 7) is 3.39. The lowest BCUT2D eigenvalue weighted by Crippen LogP contribution is -2.57. The Morgan fingerprint density at radius 2 is 1.94 bits per heavy atom. The summed E-state index contributed by atoms with van der Waals surface area (Å²) in [6, 6.07) is 0. The standard InChI is InChI=1S/C13H27N3O/c1-11(6-9-14)12(17)16(4)10-13(15(2)3)7-5-8-13/h11H,5-10,14H2,1-4H3. The van der Waals surface area contributed by atoms with Crippen molar-refractivity contribution in [2.75, 3.05) is 34.2 Å². The highest BCUT2D eigenvalue weighted by Gasteiger charge is 2.40. The third kappa shape index (κ3) is 3.19. The summed E-state index contributed by atoms with van der Waals surface area (Å²) in [5, 5.41) is 0.